The third-order valence-electron chi connectivity index (χ3n) is 4.90. The second-order valence-corrected chi connectivity index (χ2v) is 7.50. The van der Waals surface area contributed by atoms with Gasteiger partial charge >= 0.3 is 12.1 Å². The van der Waals surface area contributed by atoms with Crippen molar-refractivity contribution < 1.29 is 22.1 Å². The Hall–Kier alpha value is -2.54. The summed E-state index contributed by atoms with van der Waals surface area (Å²) in [6, 6.07) is 12.3. The van der Waals surface area contributed by atoms with Crippen LogP contribution in [0.1, 0.15) is 24.8 Å². The van der Waals surface area contributed by atoms with Gasteiger partial charge in [-0.1, -0.05) is 24.6 Å². The third-order valence-corrected chi connectivity index (χ3v) is 5.68. The first-order valence-electron chi connectivity index (χ1n) is 8.86. The maximum absolute atomic E-state index is 12.8. The fraction of sp³-hybridized carbons (Fsp3) is 0.238. The molecule has 7 heteroatoms. The molecule has 1 aliphatic rings. The molecule has 144 valence electrons. The normalized spacial score (nSPS) is 14.7. The van der Waals surface area contributed by atoms with E-state index < -0.39 is 11.7 Å². The van der Waals surface area contributed by atoms with Crippen LogP contribution in [0.25, 0.3) is 22.0 Å². The van der Waals surface area contributed by atoms with Gasteiger partial charge in [-0.25, -0.2) is 0 Å². The molecule has 0 N–H and O–H groups in total. The summed E-state index contributed by atoms with van der Waals surface area (Å²) in [5.41, 5.74) is 1.47. The van der Waals surface area contributed by atoms with Crippen LogP contribution in [0.4, 0.5) is 13.2 Å². The summed E-state index contributed by atoms with van der Waals surface area (Å²) >= 11 is 1.01. The van der Waals surface area contributed by atoms with E-state index in [1.807, 2.05) is 12.1 Å². The molecule has 0 aliphatic heterocycles. The van der Waals surface area contributed by atoms with Gasteiger partial charge in [-0.3, -0.25) is 9.78 Å². The molecule has 3 aromatic rings. The predicted octanol–water partition coefficient (Wildman–Crippen LogP) is 6.27. The van der Waals surface area contributed by atoms with E-state index in [-0.39, 0.29) is 11.9 Å². The molecule has 0 atom stereocenters. The Morgan fingerprint density at radius 2 is 1.75 bits per heavy atom. The van der Waals surface area contributed by atoms with Crippen LogP contribution in [0.2, 0.25) is 0 Å². The summed E-state index contributed by atoms with van der Waals surface area (Å²) < 4.78 is 43.7. The molecule has 4 rings (SSSR count). The smallest absolute Gasteiger partial charge is 0.386 e. The standard InChI is InChI=1S/C21H16F3NO2S/c22-21(23,24)16-7-4-13(5-8-16)15-6-9-18-17(12-15)19(10-11-25-18)28-27-20(26)14-2-1-3-14/h4-12,14H,1-3H2. The number of pyridine rings is 1. The number of carbonyl (C=O) groups is 1. The molecule has 3 nitrogen and oxygen atoms in total. The topological polar surface area (TPSA) is 39.2 Å². The highest BCUT2D eigenvalue weighted by atomic mass is 32.2. The van der Waals surface area contributed by atoms with Gasteiger partial charge in [-0.2, -0.15) is 13.2 Å². The number of halogens is 3. The van der Waals surface area contributed by atoms with Crippen molar-refractivity contribution in [2.75, 3.05) is 0 Å². The summed E-state index contributed by atoms with van der Waals surface area (Å²) in [6.07, 6.45) is 0.0713. The van der Waals surface area contributed by atoms with Crippen molar-refractivity contribution in [2.45, 2.75) is 30.3 Å². The van der Waals surface area contributed by atoms with Crippen molar-refractivity contribution in [3.8, 4) is 11.1 Å². The number of nitrogens with zero attached hydrogens (tertiary/aromatic N) is 1. The van der Waals surface area contributed by atoms with E-state index >= 15 is 0 Å². The van der Waals surface area contributed by atoms with Gasteiger partial charge in [0.05, 0.1) is 33.9 Å². The lowest BCUT2D eigenvalue weighted by Crippen LogP contribution is -2.22. The lowest BCUT2D eigenvalue weighted by Gasteiger charge is -2.22. The minimum Gasteiger partial charge on any atom is -0.386 e. The lowest BCUT2D eigenvalue weighted by atomic mass is 9.86. The van der Waals surface area contributed by atoms with Crippen LogP contribution in [-0.2, 0) is 15.2 Å². The minimum atomic E-state index is -4.36. The SMILES string of the molecule is O=C(OSc1ccnc2ccc(-c3ccc(C(F)(F)F)cc3)cc12)C1CCC1. The summed E-state index contributed by atoms with van der Waals surface area (Å²) in [5.74, 6) is -0.219. The Morgan fingerprint density at radius 3 is 2.39 bits per heavy atom. The molecule has 1 aliphatic carbocycles. The molecule has 1 fully saturated rings. The fourth-order valence-electron chi connectivity index (χ4n) is 3.02. The van der Waals surface area contributed by atoms with E-state index in [1.54, 1.807) is 18.3 Å². The predicted molar refractivity (Wildman–Crippen MR) is 101 cm³/mol. The average molecular weight is 403 g/mol. The monoisotopic (exact) mass is 403 g/mol. The largest absolute Gasteiger partial charge is 0.416 e. The summed E-state index contributed by atoms with van der Waals surface area (Å²) in [5, 5.41) is 0.784. The average Bonchev–Trinajstić information content (AvgIpc) is 2.64. The van der Waals surface area contributed by atoms with E-state index in [0.29, 0.717) is 5.56 Å². The highest BCUT2D eigenvalue weighted by Gasteiger charge is 2.30. The van der Waals surface area contributed by atoms with Crippen molar-refractivity contribution in [3.05, 3.63) is 60.3 Å². The van der Waals surface area contributed by atoms with Crippen molar-refractivity contribution in [1.82, 2.24) is 4.98 Å². The van der Waals surface area contributed by atoms with Gasteiger partial charge in [0, 0.05) is 11.6 Å². The van der Waals surface area contributed by atoms with Crippen LogP contribution in [0.5, 0.6) is 0 Å². The number of benzene rings is 2. The highest BCUT2D eigenvalue weighted by molar-refractivity contribution is 7.95. The van der Waals surface area contributed by atoms with Crippen LogP contribution >= 0.6 is 12.0 Å². The van der Waals surface area contributed by atoms with E-state index in [2.05, 4.69) is 4.98 Å². The number of hydrogen-bond acceptors (Lipinski definition) is 4. The molecular weight excluding hydrogens is 387 g/mol. The van der Waals surface area contributed by atoms with Crippen LogP contribution in [0.3, 0.4) is 0 Å². The van der Waals surface area contributed by atoms with E-state index in [4.69, 9.17) is 4.18 Å². The number of alkyl halides is 3. The summed E-state index contributed by atoms with van der Waals surface area (Å²) in [4.78, 5) is 17.0. The van der Waals surface area contributed by atoms with Gasteiger partial charge in [0.15, 0.2) is 0 Å². The summed E-state index contributed by atoms with van der Waals surface area (Å²) in [7, 11) is 0. The van der Waals surface area contributed by atoms with Gasteiger partial charge in [0.25, 0.3) is 0 Å². The van der Waals surface area contributed by atoms with Gasteiger partial charge < -0.3 is 4.18 Å². The van der Waals surface area contributed by atoms with E-state index in [0.717, 1.165) is 64.8 Å². The first-order chi connectivity index (χ1) is 13.4. The fourth-order valence-corrected chi connectivity index (χ4v) is 3.70. The lowest BCUT2D eigenvalue weighted by molar-refractivity contribution is -0.140. The van der Waals surface area contributed by atoms with Crippen molar-refractivity contribution in [2.24, 2.45) is 5.92 Å². The third kappa shape index (κ3) is 3.85. The molecule has 0 amide bonds. The van der Waals surface area contributed by atoms with Crippen LogP contribution < -0.4 is 0 Å². The Bertz CT molecular complexity index is 1010. The zero-order chi connectivity index (χ0) is 19.7. The zero-order valence-corrected chi connectivity index (χ0v) is 15.5. The van der Waals surface area contributed by atoms with E-state index in [9.17, 15) is 18.0 Å². The number of hydrogen-bond donors (Lipinski definition) is 0. The van der Waals surface area contributed by atoms with Gasteiger partial charge in [0.1, 0.15) is 0 Å². The van der Waals surface area contributed by atoms with Gasteiger partial charge in [-0.15, -0.1) is 0 Å². The Labute approximate surface area is 164 Å². The van der Waals surface area contributed by atoms with E-state index in [1.165, 1.54) is 12.1 Å². The Morgan fingerprint density at radius 1 is 1.04 bits per heavy atom. The van der Waals surface area contributed by atoms with Gasteiger partial charge in [0.2, 0.25) is 0 Å². The maximum Gasteiger partial charge on any atom is 0.416 e. The Kier molecular flexibility index (Phi) is 5.02. The molecule has 1 saturated carbocycles. The molecule has 0 unspecified atom stereocenters. The number of aromatic nitrogens is 1. The van der Waals surface area contributed by atoms with Crippen molar-refractivity contribution in [1.29, 1.82) is 0 Å². The van der Waals surface area contributed by atoms with Crippen LogP contribution in [0, 0.1) is 5.92 Å². The molecule has 28 heavy (non-hydrogen) atoms. The molecule has 0 radical (unpaired) electrons. The summed E-state index contributed by atoms with van der Waals surface area (Å²) in [6.45, 7) is 0. The molecule has 1 heterocycles. The quantitative estimate of drug-likeness (QED) is 0.481. The second kappa shape index (κ2) is 7.47. The maximum atomic E-state index is 12.8. The van der Waals surface area contributed by atoms with Crippen LogP contribution in [0.15, 0.2) is 59.6 Å². The minimum absolute atomic E-state index is 0.0108. The highest BCUT2D eigenvalue weighted by Crippen LogP contribution is 2.35. The number of rotatable bonds is 4. The first-order valence-corrected chi connectivity index (χ1v) is 9.61. The Balaban J connectivity index is 1.61. The first kappa shape index (κ1) is 18.8. The van der Waals surface area contributed by atoms with Crippen LogP contribution in [-0.4, -0.2) is 11.0 Å². The number of carbonyl (C=O) groups excluding carboxylic acids is 1. The second-order valence-electron chi connectivity index (χ2n) is 6.73. The molecule has 1 aromatic heterocycles. The zero-order valence-electron chi connectivity index (χ0n) is 14.7. The number of fused-ring (bicyclic) bond motifs is 1. The molecule has 0 saturated heterocycles. The van der Waals surface area contributed by atoms with Gasteiger partial charge in [-0.05, 0) is 54.3 Å². The molecule has 0 bridgehead atoms. The van der Waals surface area contributed by atoms with Crippen molar-refractivity contribution >= 4 is 28.9 Å². The molecular formula is C21H16F3NO2S. The molecule has 0 spiro atoms. The van der Waals surface area contributed by atoms with Crippen molar-refractivity contribution in [3.63, 3.8) is 0 Å². The molecule has 2 aromatic carbocycles.